The van der Waals surface area contributed by atoms with Crippen molar-refractivity contribution in [2.24, 2.45) is 0 Å². The van der Waals surface area contributed by atoms with Gasteiger partial charge in [0.05, 0.1) is 12.3 Å². The molecule has 0 aliphatic heterocycles. The summed E-state index contributed by atoms with van der Waals surface area (Å²) in [5.41, 5.74) is 3.58. The monoisotopic (exact) mass is 617 g/mol. The van der Waals surface area contributed by atoms with Crippen LogP contribution in [0.5, 0.6) is 0 Å². The number of aromatic nitrogens is 5. The molecule has 192 valence electrons. The fraction of sp³-hybridized carbons (Fsp3) is 0.250. The first kappa shape index (κ1) is 27.3. The summed E-state index contributed by atoms with van der Waals surface area (Å²) >= 11 is 7.63. The first-order chi connectivity index (χ1) is 17.8. The third kappa shape index (κ3) is 7.18. The molecule has 0 atom stereocenters. The standard InChI is InChI=1S/C24H24BrN7O2S3/c1-4-35-24-31-29-22(37-24)27-20(33)13-36-23-30-28-19(32(23)18-9-7-17(25)8-10-18)12-26-21(34)16-6-5-14(2)15(3)11-16/h5-11H,4,12-13H2,1-3H3,(H,26,34)(H,27,29,33). The van der Waals surface area contributed by atoms with Gasteiger partial charge in [0.2, 0.25) is 11.0 Å². The topological polar surface area (TPSA) is 115 Å². The number of carbonyl (C=O) groups excluding carboxylic acids is 2. The summed E-state index contributed by atoms with van der Waals surface area (Å²) in [5, 5.41) is 23.4. The summed E-state index contributed by atoms with van der Waals surface area (Å²) in [7, 11) is 0. The van der Waals surface area contributed by atoms with Crippen molar-refractivity contribution >= 4 is 67.7 Å². The van der Waals surface area contributed by atoms with Crippen molar-refractivity contribution in [1.82, 2.24) is 30.3 Å². The van der Waals surface area contributed by atoms with E-state index in [9.17, 15) is 9.59 Å². The van der Waals surface area contributed by atoms with Crippen molar-refractivity contribution in [3.63, 3.8) is 0 Å². The van der Waals surface area contributed by atoms with Crippen LogP contribution in [0.2, 0.25) is 0 Å². The number of aryl methyl sites for hydroxylation is 2. The van der Waals surface area contributed by atoms with E-state index >= 15 is 0 Å². The third-order valence-corrected chi connectivity index (χ3v) is 8.53. The molecule has 13 heteroatoms. The maximum absolute atomic E-state index is 12.8. The molecule has 0 saturated heterocycles. The van der Waals surface area contributed by atoms with Gasteiger partial charge >= 0.3 is 0 Å². The largest absolute Gasteiger partial charge is 0.345 e. The third-order valence-electron chi connectivity index (χ3n) is 5.21. The molecule has 2 N–H and O–H groups in total. The molecule has 0 unspecified atom stereocenters. The Balaban J connectivity index is 1.47. The molecule has 2 amide bonds. The zero-order chi connectivity index (χ0) is 26.4. The van der Waals surface area contributed by atoms with Gasteiger partial charge in [-0.3, -0.25) is 19.5 Å². The minimum Gasteiger partial charge on any atom is -0.345 e. The molecule has 2 aromatic carbocycles. The molecule has 0 aliphatic carbocycles. The second-order valence-electron chi connectivity index (χ2n) is 7.84. The van der Waals surface area contributed by atoms with Crippen LogP contribution in [-0.2, 0) is 11.3 Å². The number of hydrogen-bond acceptors (Lipinski definition) is 9. The summed E-state index contributed by atoms with van der Waals surface area (Å²) in [6, 6.07) is 13.3. The Bertz CT molecular complexity index is 1410. The highest BCUT2D eigenvalue weighted by Crippen LogP contribution is 2.26. The maximum Gasteiger partial charge on any atom is 0.251 e. The van der Waals surface area contributed by atoms with E-state index in [2.05, 4.69) is 47.0 Å². The van der Waals surface area contributed by atoms with Gasteiger partial charge in [-0.2, -0.15) is 0 Å². The number of carbonyl (C=O) groups is 2. The van der Waals surface area contributed by atoms with Gasteiger partial charge in [-0.15, -0.1) is 20.4 Å². The van der Waals surface area contributed by atoms with Gasteiger partial charge in [-0.1, -0.05) is 63.8 Å². The SMILES string of the molecule is CCSc1nnc(NC(=O)CSc2nnc(CNC(=O)c3ccc(C)c(C)c3)n2-c2ccc(Br)cc2)s1. The fourth-order valence-corrected chi connectivity index (χ4v) is 5.93. The first-order valence-corrected chi connectivity index (χ1v) is 14.9. The summed E-state index contributed by atoms with van der Waals surface area (Å²) in [6.07, 6.45) is 0. The van der Waals surface area contributed by atoms with Gasteiger partial charge in [0.1, 0.15) is 0 Å². The molecular weight excluding hydrogens is 594 g/mol. The molecule has 0 fully saturated rings. The Labute approximate surface area is 235 Å². The average Bonchev–Trinajstić information content (AvgIpc) is 3.50. The van der Waals surface area contributed by atoms with Crippen molar-refractivity contribution in [3.05, 3.63) is 69.5 Å². The quantitative estimate of drug-likeness (QED) is 0.183. The van der Waals surface area contributed by atoms with Gasteiger partial charge in [-0.05, 0) is 67.1 Å². The Morgan fingerprint density at radius 2 is 1.78 bits per heavy atom. The number of rotatable bonds is 10. The molecule has 0 saturated carbocycles. The molecular formula is C24H24BrN7O2S3. The number of nitrogens with zero attached hydrogens (tertiary/aromatic N) is 5. The number of anilines is 1. The summed E-state index contributed by atoms with van der Waals surface area (Å²) in [4.78, 5) is 25.3. The highest BCUT2D eigenvalue weighted by Gasteiger charge is 2.18. The minimum absolute atomic E-state index is 0.111. The number of nitrogens with one attached hydrogen (secondary N) is 2. The van der Waals surface area contributed by atoms with Crippen LogP contribution in [0.25, 0.3) is 5.69 Å². The van der Waals surface area contributed by atoms with Crippen LogP contribution in [0.3, 0.4) is 0 Å². The van der Waals surface area contributed by atoms with Crippen LogP contribution < -0.4 is 10.6 Å². The minimum atomic E-state index is -0.218. The highest BCUT2D eigenvalue weighted by molar-refractivity contribution is 9.10. The van der Waals surface area contributed by atoms with Crippen LogP contribution in [0.4, 0.5) is 5.13 Å². The van der Waals surface area contributed by atoms with Crippen molar-refractivity contribution in [2.45, 2.75) is 36.8 Å². The Hall–Kier alpha value is -2.74. The van der Waals surface area contributed by atoms with Crippen LogP contribution in [0, 0.1) is 13.8 Å². The lowest BCUT2D eigenvalue weighted by Gasteiger charge is -2.11. The van der Waals surface area contributed by atoms with Crippen molar-refractivity contribution < 1.29 is 9.59 Å². The molecule has 0 radical (unpaired) electrons. The van der Waals surface area contributed by atoms with Crippen LogP contribution in [0.1, 0.15) is 34.2 Å². The summed E-state index contributed by atoms with van der Waals surface area (Å²) < 4.78 is 3.58. The van der Waals surface area contributed by atoms with E-state index in [-0.39, 0.29) is 24.1 Å². The van der Waals surface area contributed by atoms with E-state index < -0.39 is 0 Å². The summed E-state index contributed by atoms with van der Waals surface area (Å²) in [6.45, 7) is 6.19. The average molecular weight is 619 g/mol. The van der Waals surface area contributed by atoms with Crippen molar-refractivity contribution in [3.8, 4) is 5.69 Å². The van der Waals surface area contributed by atoms with Gasteiger partial charge < -0.3 is 5.32 Å². The predicted octanol–water partition coefficient (Wildman–Crippen LogP) is 5.27. The summed E-state index contributed by atoms with van der Waals surface area (Å²) in [5.74, 6) is 1.13. The molecule has 2 aromatic heterocycles. The number of benzene rings is 2. The molecule has 0 aliphatic rings. The van der Waals surface area contributed by atoms with E-state index in [0.717, 1.165) is 31.4 Å². The van der Waals surface area contributed by atoms with Crippen molar-refractivity contribution in [1.29, 1.82) is 0 Å². The Morgan fingerprint density at radius 3 is 2.51 bits per heavy atom. The second kappa shape index (κ2) is 12.7. The molecule has 0 bridgehead atoms. The fourth-order valence-electron chi connectivity index (χ4n) is 3.23. The van der Waals surface area contributed by atoms with E-state index in [1.807, 2.05) is 61.7 Å². The number of amides is 2. The Kier molecular flexibility index (Phi) is 9.35. The van der Waals surface area contributed by atoms with E-state index in [4.69, 9.17) is 0 Å². The lowest BCUT2D eigenvalue weighted by atomic mass is 10.1. The van der Waals surface area contributed by atoms with Gasteiger partial charge in [0.15, 0.2) is 15.3 Å². The first-order valence-electron chi connectivity index (χ1n) is 11.3. The smallest absolute Gasteiger partial charge is 0.251 e. The molecule has 9 nitrogen and oxygen atoms in total. The predicted molar refractivity (Wildman–Crippen MR) is 152 cm³/mol. The van der Waals surface area contributed by atoms with Gasteiger partial charge in [0.25, 0.3) is 5.91 Å². The zero-order valence-corrected chi connectivity index (χ0v) is 24.4. The number of halogens is 1. The van der Waals surface area contributed by atoms with Crippen LogP contribution in [-0.4, -0.2) is 48.3 Å². The van der Waals surface area contributed by atoms with Crippen molar-refractivity contribution in [2.75, 3.05) is 16.8 Å². The maximum atomic E-state index is 12.8. The normalized spacial score (nSPS) is 10.9. The van der Waals surface area contributed by atoms with E-state index in [0.29, 0.717) is 21.7 Å². The molecule has 2 heterocycles. The van der Waals surface area contributed by atoms with E-state index in [1.54, 1.807) is 17.8 Å². The molecule has 4 rings (SSSR count). The highest BCUT2D eigenvalue weighted by atomic mass is 79.9. The van der Waals surface area contributed by atoms with Gasteiger partial charge in [0, 0.05) is 15.7 Å². The lowest BCUT2D eigenvalue weighted by molar-refractivity contribution is -0.113. The number of thioether (sulfide) groups is 2. The zero-order valence-electron chi connectivity index (χ0n) is 20.3. The van der Waals surface area contributed by atoms with Crippen LogP contribution in [0.15, 0.2) is 56.4 Å². The second-order valence-corrected chi connectivity index (χ2v) is 12.2. The molecule has 0 spiro atoms. The van der Waals surface area contributed by atoms with Crippen LogP contribution >= 0.6 is 50.8 Å². The molecule has 4 aromatic rings. The Morgan fingerprint density at radius 1 is 1.00 bits per heavy atom. The lowest BCUT2D eigenvalue weighted by Crippen LogP contribution is -2.24. The molecule has 37 heavy (non-hydrogen) atoms. The van der Waals surface area contributed by atoms with E-state index in [1.165, 1.54) is 23.1 Å². The van der Waals surface area contributed by atoms with Gasteiger partial charge in [-0.25, -0.2) is 0 Å². The number of hydrogen-bond donors (Lipinski definition) is 2.